The third kappa shape index (κ3) is 4.78. The second kappa shape index (κ2) is 9.51. The molecule has 0 aliphatic carbocycles. The van der Waals surface area contributed by atoms with Crippen LogP contribution in [0, 0.1) is 5.82 Å². The molecule has 1 fully saturated rings. The van der Waals surface area contributed by atoms with Crippen molar-refractivity contribution in [3.8, 4) is 0 Å². The molecular weight excluding hydrogens is 383 g/mol. The Labute approximate surface area is 177 Å². The van der Waals surface area contributed by atoms with Crippen LogP contribution in [0.3, 0.4) is 0 Å². The molecule has 160 valence electrons. The van der Waals surface area contributed by atoms with Gasteiger partial charge in [-0.25, -0.2) is 14.4 Å². The maximum Gasteiger partial charge on any atom is 0.222 e. The topological polar surface area (TPSA) is 58.6 Å². The van der Waals surface area contributed by atoms with E-state index in [9.17, 15) is 9.18 Å². The summed E-state index contributed by atoms with van der Waals surface area (Å²) in [6.45, 7) is 6.28. The van der Waals surface area contributed by atoms with Gasteiger partial charge < -0.3 is 14.5 Å². The molecule has 0 saturated carbocycles. The van der Waals surface area contributed by atoms with E-state index in [4.69, 9.17) is 14.7 Å². The van der Waals surface area contributed by atoms with E-state index in [-0.39, 0.29) is 11.7 Å². The minimum Gasteiger partial charge on any atom is -0.378 e. The fourth-order valence-electron chi connectivity index (χ4n) is 4.05. The number of unbranched alkanes of at least 4 members (excludes halogenated alkanes) is 1. The van der Waals surface area contributed by atoms with Gasteiger partial charge in [-0.2, -0.15) is 0 Å². The fourth-order valence-corrected chi connectivity index (χ4v) is 4.05. The van der Waals surface area contributed by atoms with E-state index in [1.807, 2.05) is 4.90 Å². The number of carbonyl (C=O) groups is 1. The second-order valence-corrected chi connectivity index (χ2v) is 7.96. The number of carbonyl (C=O) groups excluding carboxylic acids is 1. The van der Waals surface area contributed by atoms with Crippen LogP contribution in [0.1, 0.15) is 48.8 Å². The first-order valence-corrected chi connectivity index (χ1v) is 10.9. The number of morpholine rings is 1. The SMILES string of the molecule is CCCCC(=O)N1CCc2nc(Cc3ccc(F)cc3)nc(N3CCOCC3)c2C1. The lowest BCUT2D eigenvalue weighted by Crippen LogP contribution is -2.41. The third-order valence-corrected chi connectivity index (χ3v) is 5.77. The molecule has 7 heteroatoms. The Morgan fingerprint density at radius 2 is 1.90 bits per heavy atom. The summed E-state index contributed by atoms with van der Waals surface area (Å²) in [5, 5.41) is 0. The van der Waals surface area contributed by atoms with Gasteiger partial charge in [-0.05, 0) is 24.1 Å². The van der Waals surface area contributed by atoms with Gasteiger partial charge in [0, 0.05) is 44.5 Å². The van der Waals surface area contributed by atoms with Crippen LogP contribution in [0.25, 0.3) is 0 Å². The predicted molar refractivity (Wildman–Crippen MR) is 113 cm³/mol. The number of amides is 1. The van der Waals surface area contributed by atoms with Crippen LogP contribution in [-0.4, -0.2) is 53.6 Å². The molecule has 2 aromatic rings. The molecule has 0 radical (unpaired) electrons. The summed E-state index contributed by atoms with van der Waals surface area (Å²) in [4.78, 5) is 26.6. The molecule has 30 heavy (non-hydrogen) atoms. The molecule has 0 unspecified atom stereocenters. The molecule has 2 aliphatic rings. The Morgan fingerprint density at radius 1 is 1.13 bits per heavy atom. The van der Waals surface area contributed by atoms with Crippen molar-refractivity contribution in [2.45, 2.75) is 45.6 Å². The van der Waals surface area contributed by atoms with Gasteiger partial charge in [0.25, 0.3) is 0 Å². The quantitative estimate of drug-likeness (QED) is 0.730. The molecule has 1 aromatic carbocycles. The molecule has 1 amide bonds. The number of benzene rings is 1. The summed E-state index contributed by atoms with van der Waals surface area (Å²) >= 11 is 0. The average molecular weight is 413 g/mol. The second-order valence-electron chi connectivity index (χ2n) is 7.96. The fraction of sp³-hybridized carbons (Fsp3) is 0.522. The lowest BCUT2D eigenvalue weighted by molar-refractivity contribution is -0.132. The number of rotatable bonds is 6. The van der Waals surface area contributed by atoms with E-state index >= 15 is 0 Å². The van der Waals surface area contributed by atoms with Crippen molar-refractivity contribution in [3.05, 3.63) is 52.7 Å². The Morgan fingerprint density at radius 3 is 2.63 bits per heavy atom. The number of halogens is 1. The van der Waals surface area contributed by atoms with Crippen molar-refractivity contribution in [2.24, 2.45) is 0 Å². The zero-order valence-electron chi connectivity index (χ0n) is 17.6. The largest absolute Gasteiger partial charge is 0.378 e. The first-order chi connectivity index (χ1) is 14.6. The Balaban J connectivity index is 1.62. The van der Waals surface area contributed by atoms with Crippen LogP contribution in [0.5, 0.6) is 0 Å². The van der Waals surface area contributed by atoms with Gasteiger partial charge in [0.05, 0.1) is 25.5 Å². The van der Waals surface area contributed by atoms with Crippen LogP contribution < -0.4 is 4.90 Å². The minimum atomic E-state index is -0.244. The Hall–Kier alpha value is -2.54. The molecule has 0 N–H and O–H groups in total. The Bertz CT molecular complexity index is 882. The summed E-state index contributed by atoms with van der Waals surface area (Å²) in [6, 6.07) is 6.49. The van der Waals surface area contributed by atoms with E-state index in [0.717, 1.165) is 60.8 Å². The normalized spacial score (nSPS) is 16.5. The van der Waals surface area contributed by atoms with Crippen LogP contribution in [0.2, 0.25) is 0 Å². The zero-order valence-corrected chi connectivity index (χ0v) is 17.6. The van der Waals surface area contributed by atoms with Crippen molar-refractivity contribution < 1.29 is 13.9 Å². The maximum absolute atomic E-state index is 13.3. The summed E-state index contributed by atoms with van der Waals surface area (Å²) in [5.41, 5.74) is 3.08. The summed E-state index contributed by atoms with van der Waals surface area (Å²) < 4.78 is 18.8. The van der Waals surface area contributed by atoms with E-state index < -0.39 is 0 Å². The number of hydrogen-bond acceptors (Lipinski definition) is 5. The number of nitrogens with zero attached hydrogens (tertiary/aromatic N) is 4. The molecule has 0 atom stereocenters. The molecular formula is C23H29FN4O2. The van der Waals surface area contributed by atoms with Gasteiger partial charge in [-0.1, -0.05) is 25.5 Å². The van der Waals surface area contributed by atoms with Crippen LogP contribution >= 0.6 is 0 Å². The number of anilines is 1. The summed E-state index contributed by atoms with van der Waals surface area (Å²) in [5.74, 6) is 1.64. The van der Waals surface area contributed by atoms with Crippen molar-refractivity contribution in [3.63, 3.8) is 0 Å². The molecule has 0 bridgehead atoms. The highest BCUT2D eigenvalue weighted by Gasteiger charge is 2.28. The zero-order chi connectivity index (χ0) is 20.9. The van der Waals surface area contributed by atoms with Gasteiger partial charge in [0.1, 0.15) is 17.5 Å². The van der Waals surface area contributed by atoms with Gasteiger partial charge >= 0.3 is 0 Å². The number of fused-ring (bicyclic) bond motifs is 1. The van der Waals surface area contributed by atoms with E-state index in [1.165, 1.54) is 12.1 Å². The standard InChI is InChI=1S/C23H29FN4O2/c1-2-3-4-22(29)28-10-9-20-19(16-28)23(27-11-13-30-14-12-27)26-21(25-20)15-17-5-7-18(24)8-6-17/h5-8H,2-4,9-16H2,1H3. The smallest absolute Gasteiger partial charge is 0.222 e. The number of aromatic nitrogens is 2. The van der Waals surface area contributed by atoms with E-state index in [1.54, 1.807) is 12.1 Å². The van der Waals surface area contributed by atoms with E-state index in [2.05, 4.69) is 11.8 Å². The third-order valence-electron chi connectivity index (χ3n) is 5.77. The van der Waals surface area contributed by atoms with Gasteiger partial charge in [-0.3, -0.25) is 4.79 Å². The highest BCUT2D eigenvalue weighted by Crippen LogP contribution is 2.28. The highest BCUT2D eigenvalue weighted by atomic mass is 19.1. The highest BCUT2D eigenvalue weighted by molar-refractivity contribution is 5.76. The monoisotopic (exact) mass is 412 g/mol. The van der Waals surface area contributed by atoms with E-state index in [0.29, 0.717) is 39.1 Å². The van der Waals surface area contributed by atoms with Crippen LogP contribution in [0.15, 0.2) is 24.3 Å². The summed E-state index contributed by atoms with van der Waals surface area (Å²) in [7, 11) is 0. The molecule has 0 spiro atoms. The first-order valence-electron chi connectivity index (χ1n) is 10.9. The van der Waals surface area contributed by atoms with Crippen molar-refractivity contribution in [1.82, 2.24) is 14.9 Å². The summed E-state index contributed by atoms with van der Waals surface area (Å²) in [6.07, 6.45) is 3.84. The number of hydrogen-bond donors (Lipinski definition) is 0. The van der Waals surface area contributed by atoms with Crippen molar-refractivity contribution in [1.29, 1.82) is 0 Å². The molecule has 1 aromatic heterocycles. The van der Waals surface area contributed by atoms with Gasteiger partial charge in [0.2, 0.25) is 5.91 Å². The maximum atomic E-state index is 13.3. The molecule has 4 rings (SSSR count). The van der Waals surface area contributed by atoms with Crippen molar-refractivity contribution in [2.75, 3.05) is 37.7 Å². The minimum absolute atomic E-state index is 0.214. The number of ether oxygens (including phenoxy) is 1. The van der Waals surface area contributed by atoms with Crippen LogP contribution in [-0.2, 0) is 28.9 Å². The van der Waals surface area contributed by atoms with Crippen molar-refractivity contribution >= 4 is 11.7 Å². The van der Waals surface area contributed by atoms with Gasteiger partial charge in [-0.15, -0.1) is 0 Å². The molecule has 3 heterocycles. The van der Waals surface area contributed by atoms with Gasteiger partial charge in [0.15, 0.2) is 0 Å². The van der Waals surface area contributed by atoms with Crippen LogP contribution in [0.4, 0.5) is 10.2 Å². The first kappa shape index (κ1) is 20.7. The molecule has 1 saturated heterocycles. The molecule has 2 aliphatic heterocycles. The molecule has 6 nitrogen and oxygen atoms in total. The average Bonchev–Trinajstić information content (AvgIpc) is 2.78. The lowest BCUT2D eigenvalue weighted by atomic mass is 10.0. The predicted octanol–water partition coefficient (Wildman–Crippen LogP) is 3.12. The lowest BCUT2D eigenvalue weighted by Gasteiger charge is -2.34. The Kier molecular flexibility index (Phi) is 6.57.